The Morgan fingerprint density at radius 2 is 0.674 bits per heavy atom. The Labute approximate surface area is 266 Å². The molecule has 0 aliphatic rings. The van der Waals surface area contributed by atoms with Crippen molar-refractivity contribution in [2.45, 2.75) is 0 Å². The maximum absolute atomic E-state index is 2.36. The molecule has 0 saturated heterocycles. The molecule has 0 aliphatic carbocycles. The van der Waals surface area contributed by atoms with Gasteiger partial charge in [-0.15, -0.1) is 0 Å². The number of rotatable bonds is 2. The summed E-state index contributed by atoms with van der Waals surface area (Å²) in [5.41, 5.74) is 10.0. The van der Waals surface area contributed by atoms with Crippen molar-refractivity contribution < 1.29 is 0 Å². The first kappa shape index (κ1) is 25.5. The fourth-order valence-electron chi connectivity index (χ4n) is 7.91. The minimum absolute atomic E-state index is 1.24. The molecule has 2 heterocycles. The second-order valence-electron chi connectivity index (χ2n) is 12.7. The molecule has 0 atom stereocenters. The SMILES string of the molecule is Cn1c2cc(-c3ccc4ccccc4c3)ccc2c2c3ccc4c(c3ccc21)c1ccc(-c2ccc3ccccc3c2)cc1n4C. The summed E-state index contributed by atoms with van der Waals surface area (Å²) in [6.45, 7) is 0. The Hall–Kier alpha value is -5.86. The van der Waals surface area contributed by atoms with E-state index >= 15 is 0 Å². The topological polar surface area (TPSA) is 9.86 Å². The molecule has 2 heteroatoms. The minimum Gasteiger partial charge on any atom is -0.344 e. The van der Waals surface area contributed by atoms with Crippen molar-refractivity contribution in [3.8, 4) is 22.3 Å². The average molecular weight is 587 g/mol. The average Bonchev–Trinajstić information content (AvgIpc) is 3.57. The zero-order chi connectivity index (χ0) is 30.5. The van der Waals surface area contributed by atoms with Gasteiger partial charge in [0.1, 0.15) is 0 Å². The summed E-state index contributed by atoms with van der Waals surface area (Å²) in [5.74, 6) is 0. The summed E-state index contributed by atoms with van der Waals surface area (Å²) >= 11 is 0. The van der Waals surface area contributed by atoms with E-state index in [2.05, 4.69) is 169 Å². The van der Waals surface area contributed by atoms with Crippen LogP contribution in [-0.2, 0) is 14.1 Å². The van der Waals surface area contributed by atoms with Crippen molar-refractivity contribution in [3.05, 3.63) is 146 Å². The third kappa shape index (κ3) is 3.53. The van der Waals surface area contributed by atoms with Gasteiger partial charge in [-0.05, 0) is 91.0 Å². The second kappa shape index (κ2) is 9.32. The maximum atomic E-state index is 2.36. The lowest BCUT2D eigenvalue weighted by molar-refractivity contribution is 1.01. The Balaban J connectivity index is 1.17. The van der Waals surface area contributed by atoms with Crippen molar-refractivity contribution >= 4 is 75.9 Å². The molecule has 8 aromatic carbocycles. The fraction of sp³-hybridized carbons (Fsp3) is 0.0455. The number of aromatic nitrogens is 2. The van der Waals surface area contributed by atoms with Gasteiger partial charge in [-0.2, -0.15) is 0 Å². The van der Waals surface area contributed by atoms with E-state index in [4.69, 9.17) is 0 Å². The summed E-state index contributed by atoms with van der Waals surface area (Å²) in [6, 6.07) is 53.9. The van der Waals surface area contributed by atoms with Crippen molar-refractivity contribution in [2.24, 2.45) is 14.1 Å². The number of nitrogens with zero attached hydrogens (tertiary/aromatic N) is 2. The first-order valence-electron chi connectivity index (χ1n) is 16.0. The molecule has 0 amide bonds. The lowest BCUT2D eigenvalue weighted by Crippen LogP contribution is -1.88. The Kier molecular flexibility index (Phi) is 5.16. The van der Waals surface area contributed by atoms with E-state index in [1.165, 1.54) is 98.2 Å². The molecule has 0 N–H and O–H groups in total. The van der Waals surface area contributed by atoms with E-state index in [1.54, 1.807) is 0 Å². The molecule has 46 heavy (non-hydrogen) atoms. The summed E-state index contributed by atoms with van der Waals surface area (Å²) < 4.78 is 4.72. The van der Waals surface area contributed by atoms with Gasteiger partial charge < -0.3 is 9.13 Å². The number of fused-ring (bicyclic) bond motifs is 11. The molecule has 0 bridgehead atoms. The number of benzene rings is 8. The van der Waals surface area contributed by atoms with Crippen molar-refractivity contribution in [1.82, 2.24) is 9.13 Å². The van der Waals surface area contributed by atoms with Gasteiger partial charge in [0.25, 0.3) is 0 Å². The van der Waals surface area contributed by atoms with Crippen LogP contribution in [-0.4, -0.2) is 9.13 Å². The number of hydrogen-bond acceptors (Lipinski definition) is 0. The predicted molar refractivity (Wildman–Crippen MR) is 198 cm³/mol. The van der Waals surface area contributed by atoms with E-state index in [9.17, 15) is 0 Å². The van der Waals surface area contributed by atoms with Gasteiger partial charge in [0, 0.05) is 57.7 Å². The zero-order valence-electron chi connectivity index (χ0n) is 25.8. The Bertz CT molecular complexity index is 2680. The summed E-state index contributed by atoms with van der Waals surface area (Å²) in [5, 5.41) is 12.9. The van der Waals surface area contributed by atoms with Crippen molar-refractivity contribution in [2.75, 3.05) is 0 Å². The van der Waals surface area contributed by atoms with Crippen LogP contribution < -0.4 is 0 Å². The molecule has 0 aliphatic heterocycles. The van der Waals surface area contributed by atoms with Crippen LogP contribution in [0.5, 0.6) is 0 Å². The van der Waals surface area contributed by atoms with E-state index in [-0.39, 0.29) is 0 Å². The highest BCUT2D eigenvalue weighted by Crippen LogP contribution is 2.42. The third-order valence-corrected chi connectivity index (χ3v) is 10.3. The molecule has 10 rings (SSSR count). The third-order valence-electron chi connectivity index (χ3n) is 10.3. The fourth-order valence-corrected chi connectivity index (χ4v) is 7.91. The number of aryl methyl sites for hydroxylation is 2. The van der Waals surface area contributed by atoms with Crippen LogP contribution in [0.4, 0.5) is 0 Å². The van der Waals surface area contributed by atoms with Crippen LogP contribution in [0.1, 0.15) is 0 Å². The lowest BCUT2D eigenvalue weighted by Gasteiger charge is -2.06. The molecule has 0 radical (unpaired) electrons. The van der Waals surface area contributed by atoms with Crippen LogP contribution in [0.3, 0.4) is 0 Å². The molecule has 0 unspecified atom stereocenters. The van der Waals surface area contributed by atoms with Crippen molar-refractivity contribution in [1.29, 1.82) is 0 Å². The van der Waals surface area contributed by atoms with Gasteiger partial charge in [-0.1, -0.05) is 109 Å². The van der Waals surface area contributed by atoms with Gasteiger partial charge in [0.2, 0.25) is 0 Å². The molecular weight excluding hydrogens is 556 g/mol. The molecule has 2 nitrogen and oxygen atoms in total. The van der Waals surface area contributed by atoms with Gasteiger partial charge in [0.05, 0.1) is 0 Å². The molecular formula is C44H30N2. The van der Waals surface area contributed by atoms with E-state index < -0.39 is 0 Å². The van der Waals surface area contributed by atoms with Gasteiger partial charge in [-0.25, -0.2) is 0 Å². The standard InChI is InChI=1S/C44H30N2/c1-45-39-21-19-36-35(43(39)37-17-15-33(25-41(37)45)31-13-11-27-7-3-5-9-29(27)23-31)20-22-40-44(36)38-18-16-34(26-42(38)46(40)2)32-14-12-28-8-4-6-10-30(28)24-32/h3-26H,1-2H3. The highest BCUT2D eigenvalue weighted by atomic mass is 14.9. The van der Waals surface area contributed by atoms with Gasteiger partial charge >= 0.3 is 0 Å². The van der Waals surface area contributed by atoms with Crippen LogP contribution in [0.15, 0.2) is 146 Å². The van der Waals surface area contributed by atoms with Crippen LogP contribution in [0.25, 0.3) is 98.2 Å². The highest BCUT2D eigenvalue weighted by Gasteiger charge is 2.17. The van der Waals surface area contributed by atoms with Crippen LogP contribution in [0, 0.1) is 0 Å². The second-order valence-corrected chi connectivity index (χ2v) is 12.7. The predicted octanol–water partition coefficient (Wildman–Crippen LogP) is 11.8. The largest absolute Gasteiger partial charge is 0.344 e. The van der Waals surface area contributed by atoms with E-state index in [0.29, 0.717) is 0 Å². The molecule has 0 saturated carbocycles. The van der Waals surface area contributed by atoms with Crippen molar-refractivity contribution in [3.63, 3.8) is 0 Å². The van der Waals surface area contributed by atoms with Crippen LogP contribution in [0.2, 0.25) is 0 Å². The van der Waals surface area contributed by atoms with E-state index in [1.807, 2.05) is 0 Å². The monoisotopic (exact) mass is 586 g/mol. The molecule has 10 aromatic rings. The lowest BCUT2D eigenvalue weighted by atomic mass is 9.97. The molecule has 0 spiro atoms. The zero-order valence-corrected chi connectivity index (χ0v) is 25.8. The van der Waals surface area contributed by atoms with Crippen LogP contribution >= 0.6 is 0 Å². The van der Waals surface area contributed by atoms with Gasteiger partial charge in [-0.3, -0.25) is 0 Å². The summed E-state index contributed by atoms with van der Waals surface area (Å²) in [6.07, 6.45) is 0. The Morgan fingerprint density at radius 1 is 0.304 bits per heavy atom. The molecule has 0 fully saturated rings. The number of hydrogen-bond donors (Lipinski definition) is 0. The maximum Gasteiger partial charge on any atom is 0.0495 e. The normalized spacial score (nSPS) is 12.1. The molecule has 2 aromatic heterocycles. The quantitative estimate of drug-likeness (QED) is 0.191. The van der Waals surface area contributed by atoms with Gasteiger partial charge in [0.15, 0.2) is 0 Å². The molecule has 216 valence electrons. The summed E-state index contributed by atoms with van der Waals surface area (Å²) in [4.78, 5) is 0. The first-order chi connectivity index (χ1) is 22.6. The smallest absolute Gasteiger partial charge is 0.0495 e. The Morgan fingerprint density at radius 3 is 1.13 bits per heavy atom. The van der Waals surface area contributed by atoms with E-state index in [0.717, 1.165) is 0 Å². The minimum atomic E-state index is 1.24. The highest BCUT2D eigenvalue weighted by molar-refractivity contribution is 6.29. The summed E-state index contributed by atoms with van der Waals surface area (Å²) in [7, 11) is 4.40. The first-order valence-corrected chi connectivity index (χ1v) is 16.0.